The van der Waals surface area contributed by atoms with Gasteiger partial charge in [-0.2, -0.15) is 11.8 Å². The average Bonchev–Trinajstić information content (AvgIpc) is 2.43. The van der Waals surface area contributed by atoms with Crippen molar-refractivity contribution in [3.05, 3.63) is 0 Å². The molecule has 1 N–H and O–H groups in total. The molecule has 6 heteroatoms. The SMILES string of the molecule is CCNC(=NCC(C)N(C)C)N1CCSC(C(C)C)C1.I. The van der Waals surface area contributed by atoms with Gasteiger partial charge in [0.15, 0.2) is 5.96 Å². The minimum absolute atomic E-state index is 0. The van der Waals surface area contributed by atoms with Gasteiger partial charge in [-0.1, -0.05) is 13.8 Å². The molecule has 1 fully saturated rings. The molecule has 0 aromatic carbocycles. The van der Waals surface area contributed by atoms with Crippen LogP contribution in [-0.2, 0) is 0 Å². The summed E-state index contributed by atoms with van der Waals surface area (Å²) in [5.41, 5.74) is 0. The molecule has 4 nitrogen and oxygen atoms in total. The van der Waals surface area contributed by atoms with Crippen molar-refractivity contribution >= 4 is 41.7 Å². The van der Waals surface area contributed by atoms with E-state index in [1.807, 2.05) is 0 Å². The number of guanidine groups is 1. The van der Waals surface area contributed by atoms with Crippen molar-refractivity contribution in [3.63, 3.8) is 0 Å². The lowest BCUT2D eigenvalue weighted by molar-refractivity contribution is 0.317. The molecule has 0 radical (unpaired) electrons. The third-order valence-corrected chi connectivity index (χ3v) is 5.40. The number of rotatable bonds is 5. The predicted molar refractivity (Wildman–Crippen MR) is 107 cm³/mol. The highest BCUT2D eigenvalue weighted by Gasteiger charge is 2.24. The summed E-state index contributed by atoms with van der Waals surface area (Å²) in [6.45, 7) is 13.0. The number of likely N-dealkylation sites (N-methyl/N-ethyl adjacent to an activating group) is 1. The molecule has 21 heavy (non-hydrogen) atoms. The standard InChI is InChI=1S/C15H32N4S.HI/c1-7-16-15(17-10-13(4)18(5)6)19-8-9-20-14(11-19)12(2)3;/h12-14H,7-11H2,1-6H3,(H,16,17);1H. The van der Waals surface area contributed by atoms with Crippen molar-refractivity contribution in [1.82, 2.24) is 15.1 Å². The molecule has 2 atom stereocenters. The lowest BCUT2D eigenvalue weighted by Gasteiger charge is -2.36. The van der Waals surface area contributed by atoms with Crippen LogP contribution in [0.25, 0.3) is 0 Å². The van der Waals surface area contributed by atoms with E-state index in [1.54, 1.807) is 0 Å². The van der Waals surface area contributed by atoms with E-state index in [9.17, 15) is 0 Å². The Hall–Kier alpha value is 0.310. The minimum atomic E-state index is 0. The highest BCUT2D eigenvalue weighted by molar-refractivity contribution is 14.0. The molecular formula is C15H33IN4S. The Morgan fingerprint density at radius 1 is 1.38 bits per heavy atom. The van der Waals surface area contributed by atoms with Gasteiger partial charge in [-0.15, -0.1) is 24.0 Å². The number of thioether (sulfide) groups is 1. The van der Waals surface area contributed by atoms with Crippen LogP contribution in [0.2, 0.25) is 0 Å². The Morgan fingerprint density at radius 3 is 2.57 bits per heavy atom. The van der Waals surface area contributed by atoms with Crippen molar-refractivity contribution in [3.8, 4) is 0 Å². The van der Waals surface area contributed by atoms with Gasteiger partial charge >= 0.3 is 0 Å². The van der Waals surface area contributed by atoms with Crippen molar-refractivity contribution in [2.45, 2.75) is 39.0 Å². The maximum Gasteiger partial charge on any atom is 0.194 e. The van der Waals surface area contributed by atoms with Crippen molar-refractivity contribution < 1.29 is 0 Å². The van der Waals surface area contributed by atoms with Crippen LogP contribution < -0.4 is 5.32 Å². The van der Waals surface area contributed by atoms with E-state index in [1.165, 1.54) is 5.75 Å². The molecule has 0 aliphatic carbocycles. The molecule has 0 aromatic rings. The largest absolute Gasteiger partial charge is 0.357 e. The Bertz CT molecular complexity index is 310. The second-order valence-electron chi connectivity index (χ2n) is 6.11. The molecule has 1 saturated heterocycles. The van der Waals surface area contributed by atoms with Gasteiger partial charge in [-0.25, -0.2) is 0 Å². The maximum absolute atomic E-state index is 4.83. The molecule has 0 spiro atoms. The van der Waals surface area contributed by atoms with Crippen LogP contribution in [0.5, 0.6) is 0 Å². The number of nitrogens with one attached hydrogen (secondary N) is 1. The maximum atomic E-state index is 4.83. The molecule has 1 aliphatic heterocycles. The zero-order chi connectivity index (χ0) is 15.1. The molecule has 1 heterocycles. The van der Waals surface area contributed by atoms with E-state index in [0.717, 1.165) is 43.3 Å². The molecule has 0 saturated carbocycles. The number of halogens is 1. The third-order valence-electron chi connectivity index (χ3n) is 3.86. The molecule has 126 valence electrons. The van der Waals surface area contributed by atoms with Crippen LogP contribution in [0.1, 0.15) is 27.7 Å². The monoisotopic (exact) mass is 428 g/mol. The van der Waals surface area contributed by atoms with Crippen LogP contribution in [-0.4, -0.2) is 73.1 Å². The summed E-state index contributed by atoms with van der Waals surface area (Å²) >= 11 is 2.11. The summed E-state index contributed by atoms with van der Waals surface area (Å²) in [5, 5.41) is 4.18. The van der Waals surface area contributed by atoms with E-state index in [-0.39, 0.29) is 24.0 Å². The fourth-order valence-corrected chi connectivity index (χ4v) is 3.38. The summed E-state index contributed by atoms with van der Waals surface area (Å²) in [5.74, 6) is 3.02. The number of nitrogens with zero attached hydrogens (tertiary/aromatic N) is 3. The summed E-state index contributed by atoms with van der Waals surface area (Å²) < 4.78 is 0. The third kappa shape index (κ3) is 7.41. The summed E-state index contributed by atoms with van der Waals surface area (Å²) in [6, 6.07) is 0.476. The Kier molecular flexibility index (Phi) is 11.1. The predicted octanol–water partition coefficient (Wildman–Crippen LogP) is 2.59. The van der Waals surface area contributed by atoms with Crippen LogP contribution in [0.15, 0.2) is 4.99 Å². The molecule has 0 bridgehead atoms. The van der Waals surface area contributed by atoms with Crippen LogP contribution in [0.4, 0.5) is 0 Å². The fraction of sp³-hybridized carbons (Fsp3) is 0.933. The zero-order valence-electron chi connectivity index (χ0n) is 14.4. The highest BCUT2D eigenvalue weighted by Crippen LogP contribution is 2.24. The molecular weight excluding hydrogens is 395 g/mol. The minimum Gasteiger partial charge on any atom is -0.357 e. The fourth-order valence-electron chi connectivity index (χ4n) is 2.08. The Balaban J connectivity index is 0.00000400. The van der Waals surface area contributed by atoms with Crippen LogP contribution in [0.3, 0.4) is 0 Å². The van der Waals surface area contributed by atoms with Gasteiger partial charge in [0.25, 0.3) is 0 Å². The Labute approximate surface area is 152 Å². The van der Waals surface area contributed by atoms with Gasteiger partial charge in [0.1, 0.15) is 0 Å². The normalized spacial score (nSPS) is 21.4. The molecule has 0 aromatic heterocycles. The zero-order valence-corrected chi connectivity index (χ0v) is 17.6. The number of hydrogen-bond donors (Lipinski definition) is 1. The first kappa shape index (κ1) is 21.3. The molecule has 1 rings (SSSR count). The smallest absolute Gasteiger partial charge is 0.194 e. The molecule has 0 amide bonds. The van der Waals surface area contributed by atoms with Gasteiger partial charge in [-0.05, 0) is 33.9 Å². The quantitative estimate of drug-likeness (QED) is 0.415. The van der Waals surface area contributed by atoms with E-state index in [4.69, 9.17) is 4.99 Å². The van der Waals surface area contributed by atoms with E-state index in [0.29, 0.717) is 6.04 Å². The van der Waals surface area contributed by atoms with Gasteiger partial charge in [0, 0.05) is 36.7 Å². The van der Waals surface area contributed by atoms with E-state index in [2.05, 4.69) is 68.7 Å². The van der Waals surface area contributed by atoms with Gasteiger partial charge in [0.2, 0.25) is 0 Å². The highest BCUT2D eigenvalue weighted by atomic mass is 127. The van der Waals surface area contributed by atoms with Gasteiger partial charge in [0.05, 0.1) is 6.54 Å². The first-order valence-corrected chi connectivity index (χ1v) is 8.81. The second kappa shape index (κ2) is 10.9. The number of hydrogen-bond acceptors (Lipinski definition) is 3. The molecule has 1 aliphatic rings. The lowest BCUT2D eigenvalue weighted by Crippen LogP contribution is -2.49. The summed E-state index contributed by atoms with van der Waals surface area (Å²) in [7, 11) is 4.22. The topological polar surface area (TPSA) is 30.9 Å². The average molecular weight is 428 g/mol. The van der Waals surface area contributed by atoms with Crippen LogP contribution >= 0.6 is 35.7 Å². The number of aliphatic imine (C=N–C) groups is 1. The van der Waals surface area contributed by atoms with E-state index >= 15 is 0 Å². The van der Waals surface area contributed by atoms with Crippen molar-refractivity contribution in [1.29, 1.82) is 0 Å². The van der Waals surface area contributed by atoms with E-state index < -0.39 is 0 Å². The van der Waals surface area contributed by atoms with Crippen molar-refractivity contribution in [2.75, 3.05) is 46.0 Å². The van der Waals surface area contributed by atoms with Crippen LogP contribution in [0, 0.1) is 5.92 Å². The first-order chi connectivity index (χ1) is 9.45. The first-order valence-electron chi connectivity index (χ1n) is 7.77. The van der Waals surface area contributed by atoms with Gasteiger partial charge < -0.3 is 15.1 Å². The second-order valence-corrected chi connectivity index (χ2v) is 7.45. The summed E-state index contributed by atoms with van der Waals surface area (Å²) in [6.07, 6.45) is 0. The summed E-state index contributed by atoms with van der Waals surface area (Å²) in [4.78, 5) is 9.49. The Morgan fingerprint density at radius 2 is 2.05 bits per heavy atom. The van der Waals surface area contributed by atoms with Crippen molar-refractivity contribution in [2.24, 2.45) is 10.9 Å². The lowest BCUT2D eigenvalue weighted by atomic mass is 10.1. The molecule has 2 unspecified atom stereocenters. The van der Waals surface area contributed by atoms with Gasteiger partial charge in [-0.3, -0.25) is 4.99 Å².